The molecule has 0 aliphatic carbocycles. The Kier molecular flexibility index (Phi) is 3.44. The third-order valence-electron chi connectivity index (χ3n) is 0.513. The van der Waals surface area contributed by atoms with Crippen LogP contribution in [0, 0.1) is 0 Å². The Bertz CT molecular complexity index is 83.7. The van der Waals surface area contributed by atoms with Gasteiger partial charge in [-0.15, -0.1) is 0 Å². The van der Waals surface area contributed by atoms with E-state index >= 15 is 0 Å². The number of rotatable bonds is 1. The molecule has 7 heavy (non-hydrogen) atoms. The van der Waals surface area contributed by atoms with Gasteiger partial charge in [0, 0.05) is 5.03 Å². The van der Waals surface area contributed by atoms with Crippen LogP contribution < -0.4 is 0 Å². The average Bonchev–Trinajstić information content (AvgIpc) is 1.65. The molecule has 0 amide bonds. The number of hydrogen-bond donors (Lipinski definition) is 1. The molecule has 0 aromatic carbocycles. The monoisotopic (exact) mass is 140 g/mol. The molecule has 0 rings (SSSR count). The zero-order valence-electron chi connectivity index (χ0n) is 3.91. The van der Waals surface area contributed by atoms with Crippen LogP contribution in [0.1, 0.15) is 6.92 Å². The van der Waals surface area contributed by atoms with Crippen molar-refractivity contribution in [2.75, 3.05) is 6.61 Å². The Balaban J connectivity index is 3.72. The lowest BCUT2D eigenvalue weighted by atomic mass is 10.5. The van der Waals surface area contributed by atoms with Crippen molar-refractivity contribution in [3.63, 3.8) is 0 Å². The maximum Gasteiger partial charge on any atom is 0.0799 e. The SMILES string of the molecule is CC(Cl)=C(Cl)CO. The predicted octanol–water partition coefficient (Wildman–Crippen LogP) is 1.69. The van der Waals surface area contributed by atoms with Gasteiger partial charge in [-0.2, -0.15) is 0 Å². The first-order valence-electron chi connectivity index (χ1n) is 1.80. The molecular formula is C4H6Cl2O. The lowest BCUT2D eigenvalue weighted by Gasteiger charge is -1.88. The van der Waals surface area contributed by atoms with Gasteiger partial charge in [-0.05, 0) is 6.92 Å². The summed E-state index contributed by atoms with van der Waals surface area (Å²) in [6, 6.07) is 0. The molecule has 0 saturated heterocycles. The second-order valence-electron chi connectivity index (χ2n) is 1.10. The standard InChI is InChI=1S/C4H6Cl2O/c1-3(5)4(6)2-7/h7H,2H2,1H3. The summed E-state index contributed by atoms with van der Waals surface area (Å²) in [6.07, 6.45) is 0. The topological polar surface area (TPSA) is 20.2 Å². The van der Waals surface area contributed by atoms with E-state index in [0.717, 1.165) is 0 Å². The molecule has 3 heteroatoms. The minimum atomic E-state index is -0.170. The van der Waals surface area contributed by atoms with E-state index in [1.54, 1.807) is 6.92 Å². The van der Waals surface area contributed by atoms with E-state index in [9.17, 15) is 0 Å². The Hall–Kier alpha value is 0.280. The smallest absolute Gasteiger partial charge is 0.0799 e. The fraction of sp³-hybridized carbons (Fsp3) is 0.500. The van der Waals surface area contributed by atoms with Gasteiger partial charge in [0.15, 0.2) is 0 Å². The second kappa shape index (κ2) is 3.30. The van der Waals surface area contributed by atoms with Crippen LogP contribution in [0.3, 0.4) is 0 Å². The summed E-state index contributed by atoms with van der Waals surface area (Å²) in [6.45, 7) is 1.46. The number of allylic oxidation sites excluding steroid dienone is 1. The Morgan fingerprint density at radius 1 is 1.57 bits per heavy atom. The van der Waals surface area contributed by atoms with E-state index in [4.69, 9.17) is 28.3 Å². The van der Waals surface area contributed by atoms with Gasteiger partial charge < -0.3 is 5.11 Å². The van der Waals surface area contributed by atoms with Gasteiger partial charge >= 0.3 is 0 Å². The van der Waals surface area contributed by atoms with E-state index in [-0.39, 0.29) is 6.61 Å². The highest BCUT2D eigenvalue weighted by Crippen LogP contribution is 2.10. The number of hydrogen-bond acceptors (Lipinski definition) is 1. The van der Waals surface area contributed by atoms with Crippen LogP contribution in [-0.2, 0) is 0 Å². The van der Waals surface area contributed by atoms with Crippen molar-refractivity contribution in [1.29, 1.82) is 0 Å². The molecule has 1 N–H and O–H groups in total. The quantitative estimate of drug-likeness (QED) is 0.588. The number of halogens is 2. The third kappa shape index (κ3) is 2.92. The molecule has 0 aromatic rings. The number of aliphatic hydroxyl groups is 1. The summed E-state index contributed by atoms with van der Waals surface area (Å²) in [5.41, 5.74) is 0. The molecule has 0 aliphatic rings. The first-order chi connectivity index (χ1) is 3.18. The van der Waals surface area contributed by atoms with Crippen molar-refractivity contribution >= 4 is 23.2 Å². The van der Waals surface area contributed by atoms with Gasteiger partial charge in [-0.3, -0.25) is 0 Å². The van der Waals surface area contributed by atoms with Gasteiger partial charge in [0.05, 0.1) is 11.6 Å². The molecule has 0 heterocycles. The Morgan fingerprint density at radius 2 is 2.00 bits per heavy atom. The lowest BCUT2D eigenvalue weighted by Crippen LogP contribution is -1.80. The molecule has 0 fully saturated rings. The third-order valence-corrected chi connectivity index (χ3v) is 1.24. The maximum atomic E-state index is 8.23. The van der Waals surface area contributed by atoms with Crippen LogP contribution >= 0.6 is 23.2 Å². The van der Waals surface area contributed by atoms with Gasteiger partial charge in [-0.25, -0.2) is 0 Å². The number of aliphatic hydroxyl groups excluding tert-OH is 1. The first kappa shape index (κ1) is 7.28. The molecule has 0 spiro atoms. The highest BCUT2D eigenvalue weighted by atomic mass is 35.5. The van der Waals surface area contributed by atoms with Gasteiger partial charge in [0.25, 0.3) is 0 Å². The van der Waals surface area contributed by atoms with Crippen molar-refractivity contribution in [3.8, 4) is 0 Å². The summed E-state index contributed by atoms with van der Waals surface area (Å²) < 4.78 is 0. The Labute approximate surface area is 52.5 Å². The molecule has 42 valence electrons. The maximum absolute atomic E-state index is 8.23. The minimum Gasteiger partial charge on any atom is -0.391 e. The largest absolute Gasteiger partial charge is 0.391 e. The highest BCUT2D eigenvalue weighted by Gasteiger charge is 1.89. The summed E-state index contributed by atoms with van der Waals surface area (Å²) in [4.78, 5) is 0. The van der Waals surface area contributed by atoms with E-state index in [1.807, 2.05) is 0 Å². The van der Waals surface area contributed by atoms with Gasteiger partial charge in [0.1, 0.15) is 0 Å². The van der Waals surface area contributed by atoms with Crippen LogP contribution in [0.5, 0.6) is 0 Å². The zero-order valence-corrected chi connectivity index (χ0v) is 5.42. The molecule has 0 radical (unpaired) electrons. The van der Waals surface area contributed by atoms with E-state index in [2.05, 4.69) is 0 Å². The molecule has 0 bridgehead atoms. The fourth-order valence-electron chi connectivity index (χ4n) is 0.109. The Morgan fingerprint density at radius 3 is 2.00 bits per heavy atom. The molecule has 0 aliphatic heterocycles. The summed E-state index contributed by atoms with van der Waals surface area (Å²) in [5, 5.41) is 8.99. The predicted molar refractivity (Wildman–Crippen MR) is 31.5 cm³/mol. The molecular weight excluding hydrogens is 135 g/mol. The fourth-order valence-corrected chi connectivity index (χ4v) is 0.169. The van der Waals surface area contributed by atoms with Gasteiger partial charge in [0.2, 0.25) is 0 Å². The molecule has 0 atom stereocenters. The van der Waals surface area contributed by atoms with Crippen LogP contribution in [0.25, 0.3) is 0 Å². The van der Waals surface area contributed by atoms with Crippen LogP contribution in [-0.4, -0.2) is 11.7 Å². The highest BCUT2D eigenvalue weighted by molar-refractivity contribution is 6.38. The van der Waals surface area contributed by atoms with E-state index in [1.165, 1.54) is 0 Å². The average molecular weight is 141 g/mol. The van der Waals surface area contributed by atoms with Crippen LogP contribution in [0.4, 0.5) is 0 Å². The van der Waals surface area contributed by atoms with Gasteiger partial charge in [-0.1, -0.05) is 23.2 Å². The van der Waals surface area contributed by atoms with Crippen molar-refractivity contribution in [1.82, 2.24) is 0 Å². The summed E-state index contributed by atoms with van der Waals surface area (Å²) in [7, 11) is 0. The minimum absolute atomic E-state index is 0.170. The normalized spacial score (nSPS) is 13.7. The van der Waals surface area contributed by atoms with Crippen LogP contribution in [0.15, 0.2) is 10.1 Å². The van der Waals surface area contributed by atoms with Crippen molar-refractivity contribution in [3.05, 3.63) is 10.1 Å². The second-order valence-corrected chi connectivity index (χ2v) is 2.12. The van der Waals surface area contributed by atoms with Crippen LogP contribution in [0.2, 0.25) is 0 Å². The zero-order chi connectivity index (χ0) is 5.86. The molecule has 0 unspecified atom stereocenters. The van der Waals surface area contributed by atoms with E-state index < -0.39 is 0 Å². The van der Waals surface area contributed by atoms with Crippen molar-refractivity contribution < 1.29 is 5.11 Å². The summed E-state index contributed by atoms with van der Waals surface area (Å²) in [5.74, 6) is 0. The molecule has 0 aromatic heterocycles. The molecule has 1 nitrogen and oxygen atoms in total. The van der Waals surface area contributed by atoms with Crippen molar-refractivity contribution in [2.45, 2.75) is 6.92 Å². The lowest BCUT2D eigenvalue weighted by molar-refractivity contribution is 0.338. The first-order valence-corrected chi connectivity index (χ1v) is 2.55. The summed E-state index contributed by atoms with van der Waals surface area (Å²) >= 11 is 10.6. The van der Waals surface area contributed by atoms with Crippen molar-refractivity contribution in [2.24, 2.45) is 0 Å². The molecule has 0 saturated carbocycles. The van der Waals surface area contributed by atoms with E-state index in [0.29, 0.717) is 10.1 Å².